The Morgan fingerprint density at radius 3 is 2.38 bits per heavy atom. The first-order valence-electron chi connectivity index (χ1n) is 8.87. The molecule has 0 saturated carbocycles. The third-order valence-corrected chi connectivity index (χ3v) is 5.99. The number of hydrogen-bond donors (Lipinski definition) is 1. The van der Waals surface area contributed by atoms with Crippen LogP contribution in [0.3, 0.4) is 0 Å². The summed E-state index contributed by atoms with van der Waals surface area (Å²) in [6.45, 7) is 1.78. The highest BCUT2D eigenvalue weighted by atomic mass is 32.2. The van der Waals surface area contributed by atoms with Crippen molar-refractivity contribution in [2.75, 3.05) is 10.8 Å². The molecule has 0 radical (unpaired) electrons. The van der Waals surface area contributed by atoms with Crippen LogP contribution >= 0.6 is 0 Å². The summed E-state index contributed by atoms with van der Waals surface area (Å²) in [5.74, 6) is -0.987. The zero-order valence-corrected chi connectivity index (χ0v) is 16.6. The number of aromatic nitrogens is 1. The number of halogens is 1. The molecule has 3 rings (SSSR count). The highest BCUT2D eigenvalue weighted by molar-refractivity contribution is 7.92. The summed E-state index contributed by atoms with van der Waals surface area (Å²) in [5.41, 5.74) is 2.18. The summed E-state index contributed by atoms with van der Waals surface area (Å²) in [6.07, 6.45) is 2.66. The molecule has 150 valence electrons. The molecule has 6 nitrogen and oxygen atoms in total. The standard InChI is InChI=1S/C21H20FN3O3S/c1-16-4-6-17(7-5-16)13-24-21(26)15-25(19-10-8-18(22)9-11-19)29(27,28)20-3-2-12-23-14-20/h2-12,14H,13,15H2,1H3,(H,24,26). The van der Waals surface area contributed by atoms with Crippen LogP contribution in [0.2, 0.25) is 0 Å². The lowest BCUT2D eigenvalue weighted by Crippen LogP contribution is -2.40. The van der Waals surface area contributed by atoms with E-state index in [0.29, 0.717) is 0 Å². The van der Waals surface area contributed by atoms with Crippen molar-refractivity contribution in [3.63, 3.8) is 0 Å². The van der Waals surface area contributed by atoms with Gasteiger partial charge in [-0.2, -0.15) is 0 Å². The van der Waals surface area contributed by atoms with Crippen LogP contribution in [0.5, 0.6) is 0 Å². The molecule has 0 atom stereocenters. The Labute approximate surface area is 169 Å². The highest BCUT2D eigenvalue weighted by Crippen LogP contribution is 2.23. The molecule has 1 heterocycles. The van der Waals surface area contributed by atoms with Gasteiger partial charge in [-0.05, 0) is 48.9 Å². The summed E-state index contributed by atoms with van der Waals surface area (Å²) in [4.78, 5) is 16.3. The summed E-state index contributed by atoms with van der Waals surface area (Å²) in [5, 5.41) is 2.72. The molecule has 2 aromatic carbocycles. The molecule has 1 aromatic heterocycles. The van der Waals surface area contributed by atoms with Gasteiger partial charge in [0.05, 0.1) is 5.69 Å². The zero-order valence-electron chi connectivity index (χ0n) is 15.7. The van der Waals surface area contributed by atoms with Crippen LogP contribution in [-0.2, 0) is 21.4 Å². The molecular formula is C21H20FN3O3S. The summed E-state index contributed by atoms with van der Waals surface area (Å²) in [6, 6.07) is 15.4. The van der Waals surface area contributed by atoms with Crippen LogP contribution in [0.25, 0.3) is 0 Å². The molecule has 0 spiro atoms. The van der Waals surface area contributed by atoms with E-state index in [4.69, 9.17) is 0 Å². The normalized spacial score (nSPS) is 11.1. The second-order valence-electron chi connectivity index (χ2n) is 6.44. The molecule has 3 aromatic rings. The molecule has 1 N–H and O–H groups in total. The number of carbonyl (C=O) groups is 1. The van der Waals surface area contributed by atoms with Gasteiger partial charge in [-0.25, -0.2) is 12.8 Å². The van der Waals surface area contributed by atoms with Gasteiger partial charge in [-0.15, -0.1) is 0 Å². The minimum atomic E-state index is -4.06. The monoisotopic (exact) mass is 413 g/mol. The number of nitrogens with zero attached hydrogens (tertiary/aromatic N) is 2. The molecule has 0 bridgehead atoms. The summed E-state index contributed by atoms with van der Waals surface area (Å²) >= 11 is 0. The molecule has 29 heavy (non-hydrogen) atoms. The predicted octanol–water partition coefficient (Wildman–Crippen LogP) is 3.04. The Kier molecular flexibility index (Phi) is 6.23. The van der Waals surface area contributed by atoms with E-state index in [-0.39, 0.29) is 17.1 Å². The number of aryl methyl sites for hydroxylation is 1. The molecule has 0 aliphatic heterocycles. The molecule has 0 aliphatic rings. The maximum absolute atomic E-state index is 13.3. The number of pyridine rings is 1. The van der Waals surface area contributed by atoms with Crippen LogP contribution in [0, 0.1) is 12.7 Å². The molecule has 0 saturated heterocycles. The SMILES string of the molecule is Cc1ccc(CNC(=O)CN(c2ccc(F)cc2)S(=O)(=O)c2cccnc2)cc1. The Morgan fingerprint density at radius 1 is 1.07 bits per heavy atom. The fourth-order valence-electron chi connectivity index (χ4n) is 2.64. The maximum atomic E-state index is 13.3. The lowest BCUT2D eigenvalue weighted by Gasteiger charge is -2.24. The van der Waals surface area contributed by atoms with Crippen molar-refractivity contribution in [1.29, 1.82) is 0 Å². The van der Waals surface area contributed by atoms with Gasteiger partial charge in [-0.3, -0.25) is 14.1 Å². The molecule has 1 amide bonds. The number of nitrogens with one attached hydrogen (secondary N) is 1. The number of amides is 1. The average Bonchev–Trinajstić information content (AvgIpc) is 2.73. The smallest absolute Gasteiger partial charge is 0.266 e. The van der Waals surface area contributed by atoms with Gasteiger partial charge in [0.25, 0.3) is 10.0 Å². The van der Waals surface area contributed by atoms with E-state index in [1.807, 2.05) is 31.2 Å². The average molecular weight is 413 g/mol. The minimum absolute atomic E-state index is 0.0596. The van der Waals surface area contributed by atoms with Gasteiger partial charge in [0.15, 0.2) is 0 Å². The van der Waals surface area contributed by atoms with E-state index in [0.717, 1.165) is 27.6 Å². The molecular weight excluding hydrogens is 393 g/mol. The van der Waals surface area contributed by atoms with Gasteiger partial charge in [0.1, 0.15) is 17.3 Å². The number of hydrogen-bond acceptors (Lipinski definition) is 4. The van der Waals surface area contributed by atoms with Crippen LogP contribution in [0.4, 0.5) is 10.1 Å². The van der Waals surface area contributed by atoms with E-state index in [1.165, 1.54) is 36.7 Å². The summed E-state index contributed by atoms with van der Waals surface area (Å²) in [7, 11) is -4.06. The first-order valence-corrected chi connectivity index (χ1v) is 10.3. The number of sulfonamides is 1. The van der Waals surface area contributed by atoms with Crippen LogP contribution < -0.4 is 9.62 Å². The van der Waals surface area contributed by atoms with Crippen molar-refractivity contribution >= 4 is 21.6 Å². The van der Waals surface area contributed by atoms with E-state index >= 15 is 0 Å². The van der Waals surface area contributed by atoms with Crippen molar-refractivity contribution in [2.24, 2.45) is 0 Å². The van der Waals surface area contributed by atoms with Gasteiger partial charge >= 0.3 is 0 Å². The number of benzene rings is 2. The quantitative estimate of drug-likeness (QED) is 0.646. The van der Waals surface area contributed by atoms with Gasteiger partial charge in [0.2, 0.25) is 5.91 Å². The third-order valence-electron chi connectivity index (χ3n) is 4.23. The topological polar surface area (TPSA) is 79.4 Å². The van der Waals surface area contributed by atoms with Crippen LogP contribution in [0.1, 0.15) is 11.1 Å². The predicted molar refractivity (Wildman–Crippen MR) is 108 cm³/mol. The number of rotatable bonds is 7. The zero-order chi connectivity index (χ0) is 20.9. The van der Waals surface area contributed by atoms with Crippen molar-refractivity contribution in [1.82, 2.24) is 10.3 Å². The van der Waals surface area contributed by atoms with E-state index in [9.17, 15) is 17.6 Å². The third kappa shape index (κ3) is 5.17. The largest absolute Gasteiger partial charge is 0.350 e. The minimum Gasteiger partial charge on any atom is -0.350 e. The van der Waals surface area contributed by atoms with E-state index in [1.54, 1.807) is 0 Å². The Balaban J connectivity index is 1.82. The van der Waals surface area contributed by atoms with Gasteiger partial charge < -0.3 is 5.32 Å². The molecule has 8 heteroatoms. The number of carbonyl (C=O) groups excluding carboxylic acids is 1. The lowest BCUT2D eigenvalue weighted by molar-refractivity contribution is -0.119. The first-order chi connectivity index (χ1) is 13.9. The highest BCUT2D eigenvalue weighted by Gasteiger charge is 2.27. The molecule has 0 aliphatic carbocycles. The number of anilines is 1. The van der Waals surface area contributed by atoms with Gasteiger partial charge in [0, 0.05) is 18.9 Å². The van der Waals surface area contributed by atoms with Crippen LogP contribution in [-0.4, -0.2) is 25.9 Å². The van der Waals surface area contributed by atoms with E-state index < -0.39 is 28.3 Å². The fraction of sp³-hybridized carbons (Fsp3) is 0.143. The molecule has 0 unspecified atom stereocenters. The Bertz CT molecular complexity index is 1070. The van der Waals surface area contributed by atoms with Crippen LogP contribution in [0.15, 0.2) is 78.0 Å². The maximum Gasteiger partial charge on any atom is 0.266 e. The van der Waals surface area contributed by atoms with Gasteiger partial charge in [-0.1, -0.05) is 29.8 Å². The summed E-state index contributed by atoms with van der Waals surface area (Å²) < 4.78 is 40.4. The van der Waals surface area contributed by atoms with Crippen molar-refractivity contribution < 1.29 is 17.6 Å². The first kappa shape index (κ1) is 20.5. The lowest BCUT2D eigenvalue weighted by atomic mass is 10.1. The van der Waals surface area contributed by atoms with Crippen molar-refractivity contribution in [3.8, 4) is 0 Å². The molecule has 0 fully saturated rings. The Hall–Kier alpha value is -3.26. The second kappa shape index (κ2) is 8.83. The van der Waals surface area contributed by atoms with E-state index in [2.05, 4.69) is 10.3 Å². The van der Waals surface area contributed by atoms with Crippen molar-refractivity contribution in [2.45, 2.75) is 18.4 Å². The van der Waals surface area contributed by atoms with Crippen molar-refractivity contribution in [3.05, 3.63) is 90.0 Å². The second-order valence-corrected chi connectivity index (χ2v) is 8.30. The Morgan fingerprint density at radius 2 is 1.76 bits per heavy atom. The fourth-order valence-corrected chi connectivity index (χ4v) is 4.03.